The lowest BCUT2D eigenvalue weighted by Crippen LogP contribution is -2.04. The fourth-order valence-corrected chi connectivity index (χ4v) is 0.980. The third-order valence-electron chi connectivity index (χ3n) is 1.68. The first-order valence-corrected chi connectivity index (χ1v) is 4.08. The van der Waals surface area contributed by atoms with Gasteiger partial charge < -0.3 is 4.74 Å². The molecular weight excluding hydrogens is 187 g/mol. The third kappa shape index (κ3) is 2.97. The number of ether oxygens (including phenoxy) is 1. The molecule has 0 saturated heterocycles. The van der Waals surface area contributed by atoms with E-state index >= 15 is 0 Å². The number of hydrogen-bond donors (Lipinski definition) is 0. The summed E-state index contributed by atoms with van der Waals surface area (Å²) in [5.74, 6) is -0.558. The highest BCUT2D eigenvalue weighted by Gasteiger charge is 2.05. The first kappa shape index (κ1) is 10.4. The molecule has 1 aromatic carbocycles. The van der Waals surface area contributed by atoms with Crippen molar-refractivity contribution in [2.24, 2.45) is 0 Å². The predicted molar refractivity (Wildman–Crippen MR) is 47.4 cm³/mol. The van der Waals surface area contributed by atoms with Gasteiger partial charge in [-0.25, -0.2) is 4.39 Å². The van der Waals surface area contributed by atoms with Crippen molar-refractivity contribution >= 4 is 12.3 Å². The van der Waals surface area contributed by atoms with Gasteiger partial charge in [0, 0.05) is 12.0 Å². The summed E-state index contributed by atoms with van der Waals surface area (Å²) in [6.45, 7) is 0.345. The van der Waals surface area contributed by atoms with Crippen LogP contribution in [0.15, 0.2) is 24.3 Å². The molecule has 4 heteroatoms. The minimum atomic E-state index is -0.384. The first-order valence-electron chi connectivity index (χ1n) is 4.08. The maximum Gasteiger partial charge on any atom is 0.293 e. The number of halogens is 1. The lowest BCUT2D eigenvalue weighted by molar-refractivity contribution is -0.128. The Balaban J connectivity index is 2.52. The lowest BCUT2D eigenvalue weighted by atomic mass is 10.1. The van der Waals surface area contributed by atoms with Crippen LogP contribution in [-0.4, -0.2) is 18.9 Å². The molecule has 0 aliphatic carbocycles. The Kier molecular flexibility index (Phi) is 3.79. The van der Waals surface area contributed by atoms with Crippen LogP contribution in [0.1, 0.15) is 16.8 Å². The van der Waals surface area contributed by atoms with Gasteiger partial charge in [-0.2, -0.15) is 0 Å². The van der Waals surface area contributed by atoms with Gasteiger partial charge in [0.25, 0.3) is 6.47 Å². The maximum absolute atomic E-state index is 12.5. The molecule has 0 saturated carbocycles. The van der Waals surface area contributed by atoms with Gasteiger partial charge >= 0.3 is 0 Å². The molecule has 0 amide bonds. The summed E-state index contributed by atoms with van der Waals surface area (Å²) < 4.78 is 16.8. The highest BCUT2D eigenvalue weighted by atomic mass is 19.1. The Morgan fingerprint density at radius 2 is 2.00 bits per heavy atom. The second kappa shape index (κ2) is 5.11. The van der Waals surface area contributed by atoms with Gasteiger partial charge in [-0.3, -0.25) is 9.59 Å². The highest BCUT2D eigenvalue weighted by Crippen LogP contribution is 2.05. The van der Waals surface area contributed by atoms with E-state index in [-0.39, 0.29) is 31.1 Å². The summed E-state index contributed by atoms with van der Waals surface area (Å²) in [5, 5.41) is 0. The van der Waals surface area contributed by atoms with Crippen molar-refractivity contribution in [3.05, 3.63) is 35.6 Å². The van der Waals surface area contributed by atoms with E-state index < -0.39 is 0 Å². The topological polar surface area (TPSA) is 43.4 Å². The van der Waals surface area contributed by atoms with Crippen molar-refractivity contribution in [3.8, 4) is 0 Å². The zero-order chi connectivity index (χ0) is 10.4. The highest BCUT2D eigenvalue weighted by molar-refractivity contribution is 5.96. The molecule has 0 heterocycles. The Labute approximate surface area is 80.5 Å². The molecule has 0 atom stereocenters. The molecule has 0 bridgehead atoms. The minimum Gasteiger partial charge on any atom is -0.467 e. The van der Waals surface area contributed by atoms with Gasteiger partial charge in [0.15, 0.2) is 5.78 Å². The molecule has 0 radical (unpaired) electrons. The summed E-state index contributed by atoms with van der Waals surface area (Å²) in [4.78, 5) is 21.1. The molecule has 0 fully saturated rings. The fraction of sp³-hybridized carbons (Fsp3) is 0.200. The van der Waals surface area contributed by atoms with E-state index in [1.165, 1.54) is 24.3 Å². The second-order valence-electron chi connectivity index (χ2n) is 2.65. The van der Waals surface area contributed by atoms with Crippen molar-refractivity contribution in [1.29, 1.82) is 0 Å². The fourth-order valence-electron chi connectivity index (χ4n) is 0.980. The Morgan fingerprint density at radius 3 is 2.57 bits per heavy atom. The maximum atomic E-state index is 12.5. The minimum absolute atomic E-state index is 0.0553. The quantitative estimate of drug-likeness (QED) is 0.408. The lowest BCUT2D eigenvalue weighted by Gasteiger charge is -1.99. The van der Waals surface area contributed by atoms with Crippen LogP contribution in [0.3, 0.4) is 0 Å². The number of Topliss-reactive ketones (excluding diaryl/α,β-unsaturated/α-hetero) is 1. The average Bonchev–Trinajstić information content (AvgIpc) is 2.19. The van der Waals surface area contributed by atoms with E-state index in [2.05, 4.69) is 4.74 Å². The SMILES string of the molecule is O=COCCC(=O)c1ccc(F)cc1. The number of hydrogen-bond acceptors (Lipinski definition) is 3. The van der Waals surface area contributed by atoms with E-state index in [0.29, 0.717) is 5.56 Å². The Hall–Kier alpha value is -1.71. The molecule has 0 aliphatic heterocycles. The molecule has 1 aromatic rings. The molecule has 0 N–H and O–H groups in total. The summed E-state index contributed by atoms with van der Waals surface area (Å²) in [6, 6.07) is 5.23. The van der Waals surface area contributed by atoms with Gasteiger partial charge in [-0.1, -0.05) is 0 Å². The molecule has 1 rings (SSSR count). The summed E-state index contributed by atoms with van der Waals surface area (Å²) >= 11 is 0. The summed E-state index contributed by atoms with van der Waals surface area (Å²) in [7, 11) is 0. The van der Waals surface area contributed by atoms with Crippen LogP contribution < -0.4 is 0 Å². The number of ketones is 1. The van der Waals surface area contributed by atoms with Crippen LogP contribution in [0.5, 0.6) is 0 Å². The van der Waals surface area contributed by atoms with E-state index in [4.69, 9.17) is 0 Å². The van der Waals surface area contributed by atoms with Gasteiger partial charge in [-0.05, 0) is 24.3 Å². The van der Waals surface area contributed by atoms with Crippen LogP contribution in [0.25, 0.3) is 0 Å². The molecule has 0 spiro atoms. The molecule has 0 aromatic heterocycles. The molecule has 74 valence electrons. The van der Waals surface area contributed by atoms with Crippen LogP contribution >= 0.6 is 0 Å². The third-order valence-corrected chi connectivity index (χ3v) is 1.68. The zero-order valence-electron chi connectivity index (χ0n) is 7.40. The molecular formula is C10H9FO3. The van der Waals surface area contributed by atoms with Crippen molar-refractivity contribution in [1.82, 2.24) is 0 Å². The first-order chi connectivity index (χ1) is 6.74. The van der Waals surface area contributed by atoms with Crippen molar-refractivity contribution in [3.63, 3.8) is 0 Å². The normalized spacial score (nSPS) is 9.50. The van der Waals surface area contributed by atoms with Gasteiger partial charge in [-0.15, -0.1) is 0 Å². The van der Waals surface area contributed by atoms with Crippen LogP contribution in [0.4, 0.5) is 4.39 Å². The number of rotatable bonds is 5. The van der Waals surface area contributed by atoms with E-state index in [1.807, 2.05) is 0 Å². The van der Waals surface area contributed by atoms with Crippen molar-refractivity contribution in [2.75, 3.05) is 6.61 Å². The largest absolute Gasteiger partial charge is 0.467 e. The van der Waals surface area contributed by atoms with E-state index in [9.17, 15) is 14.0 Å². The summed E-state index contributed by atoms with van der Waals surface area (Å²) in [5.41, 5.74) is 0.417. The van der Waals surface area contributed by atoms with Crippen LogP contribution in [0, 0.1) is 5.82 Å². The predicted octanol–water partition coefficient (Wildman–Crippen LogP) is 1.57. The number of benzene rings is 1. The smallest absolute Gasteiger partial charge is 0.293 e. The van der Waals surface area contributed by atoms with Crippen LogP contribution in [0.2, 0.25) is 0 Å². The average molecular weight is 196 g/mol. The monoisotopic (exact) mass is 196 g/mol. The van der Waals surface area contributed by atoms with Gasteiger partial charge in [0.1, 0.15) is 5.82 Å². The van der Waals surface area contributed by atoms with Gasteiger partial charge in [0.2, 0.25) is 0 Å². The second-order valence-corrected chi connectivity index (χ2v) is 2.65. The van der Waals surface area contributed by atoms with Gasteiger partial charge in [0.05, 0.1) is 6.61 Å². The standard InChI is InChI=1S/C10H9FO3/c11-9-3-1-8(2-4-9)10(13)5-6-14-7-12/h1-4,7H,5-6H2. The Bertz CT molecular complexity index is 319. The van der Waals surface area contributed by atoms with Crippen molar-refractivity contribution < 1.29 is 18.7 Å². The number of carbonyl (C=O) groups excluding carboxylic acids is 2. The molecule has 0 aliphatic rings. The van der Waals surface area contributed by atoms with Crippen molar-refractivity contribution in [2.45, 2.75) is 6.42 Å². The molecule has 3 nitrogen and oxygen atoms in total. The number of carbonyl (C=O) groups is 2. The van der Waals surface area contributed by atoms with E-state index in [1.54, 1.807) is 0 Å². The zero-order valence-corrected chi connectivity index (χ0v) is 7.40. The molecule has 0 unspecified atom stereocenters. The summed E-state index contributed by atoms with van der Waals surface area (Å²) in [6.07, 6.45) is 0.115. The molecule has 14 heavy (non-hydrogen) atoms. The van der Waals surface area contributed by atoms with Crippen LogP contribution in [-0.2, 0) is 9.53 Å². The van der Waals surface area contributed by atoms with E-state index in [0.717, 1.165) is 0 Å². The Morgan fingerprint density at radius 1 is 1.36 bits per heavy atom.